The van der Waals surface area contributed by atoms with E-state index in [2.05, 4.69) is 5.32 Å². The third kappa shape index (κ3) is 3.99. The van der Waals surface area contributed by atoms with E-state index in [-0.39, 0.29) is 5.92 Å². The van der Waals surface area contributed by atoms with Crippen molar-refractivity contribution in [1.29, 1.82) is 0 Å². The average molecular weight is 361 g/mol. The van der Waals surface area contributed by atoms with Crippen LogP contribution in [-0.4, -0.2) is 37.2 Å². The van der Waals surface area contributed by atoms with Crippen molar-refractivity contribution in [2.45, 2.75) is 26.8 Å². The zero-order chi connectivity index (χ0) is 19.4. The van der Waals surface area contributed by atoms with Crippen LogP contribution in [0.5, 0.6) is 11.5 Å². The molecular weight excluding hydrogens is 338 g/mol. The molecule has 0 spiro atoms. The van der Waals surface area contributed by atoms with E-state index in [1.165, 1.54) is 7.11 Å². The SMILES string of the molecule is COc1ccc(-c2cc(C(=O)N[C@@H](C(=O)O)C(C)C)c(C)o2)cc1OC. The number of aliphatic carboxylic acids is 1. The Morgan fingerprint density at radius 3 is 2.31 bits per heavy atom. The van der Waals surface area contributed by atoms with Crippen LogP contribution in [0, 0.1) is 12.8 Å². The van der Waals surface area contributed by atoms with Gasteiger partial charge in [-0.15, -0.1) is 0 Å². The second kappa shape index (κ2) is 7.95. The number of carboxylic acids is 1. The lowest BCUT2D eigenvalue weighted by Crippen LogP contribution is -2.44. The molecular formula is C19H23NO6. The van der Waals surface area contributed by atoms with Gasteiger partial charge in [0.25, 0.3) is 5.91 Å². The van der Waals surface area contributed by atoms with Gasteiger partial charge in [0.15, 0.2) is 11.5 Å². The molecule has 1 aromatic heterocycles. The van der Waals surface area contributed by atoms with E-state index in [9.17, 15) is 14.7 Å². The van der Waals surface area contributed by atoms with E-state index < -0.39 is 17.9 Å². The molecule has 0 radical (unpaired) electrons. The van der Waals surface area contributed by atoms with Crippen LogP contribution in [0.4, 0.5) is 0 Å². The van der Waals surface area contributed by atoms with Gasteiger partial charge in [-0.05, 0) is 37.1 Å². The molecule has 1 aromatic carbocycles. The highest BCUT2D eigenvalue weighted by Crippen LogP contribution is 2.34. The molecule has 7 nitrogen and oxygen atoms in total. The predicted molar refractivity (Wildman–Crippen MR) is 95.7 cm³/mol. The first kappa shape index (κ1) is 19.4. The molecule has 0 bridgehead atoms. The van der Waals surface area contributed by atoms with Gasteiger partial charge in [0.1, 0.15) is 17.6 Å². The van der Waals surface area contributed by atoms with Crippen LogP contribution in [0.3, 0.4) is 0 Å². The molecule has 140 valence electrons. The van der Waals surface area contributed by atoms with E-state index in [4.69, 9.17) is 13.9 Å². The fourth-order valence-electron chi connectivity index (χ4n) is 2.57. The van der Waals surface area contributed by atoms with Crippen molar-refractivity contribution in [3.05, 3.63) is 35.6 Å². The Hall–Kier alpha value is -2.96. The van der Waals surface area contributed by atoms with E-state index in [0.29, 0.717) is 34.1 Å². The van der Waals surface area contributed by atoms with Crippen LogP contribution in [0.2, 0.25) is 0 Å². The molecule has 26 heavy (non-hydrogen) atoms. The molecule has 7 heteroatoms. The molecule has 0 fully saturated rings. The van der Waals surface area contributed by atoms with Gasteiger partial charge in [-0.3, -0.25) is 4.79 Å². The Morgan fingerprint density at radius 1 is 1.12 bits per heavy atom. The summed E-state index contributed by atoms with van der Waals surface area (Å²) in [5, 5.41) is 11.8. The predicted octanol–water partition coefficient (Wildman–Crippen LogP) is 3.11. The Kier molecular flexibility index (Phi) is 5.92. The van der Waals surface area contributed by atoms with Crippen LogP contribution in [-0.2, 0) is 4.79 Å². The molecule has 1 heterocycles. The molecule has 0 saturated carbocycles. The van der Waals surface area contributed by atoms with Crippen molar-refractivity contribution in [3.63, 3.8) is 0 Å². The molecule has 0 saturated heterocycles. The van der Waals surface area contributed by atoms with Crippen LogP contribution in [0.15, 0.2) is 28.7 Å². The van der Waals surface area contributed by atoms with Crippen molar-refractivity contribution >= 4 is 11.9 Å². The number of aryl methyl sites for hydroxylation is 1. The van der Waals surface area contributed by atoms with Crippen LogP contribution in [0.1, 0.15) is 30.0 Å². The maximum absolute atomic E-state index is 12.5. The monoisotopic (exact) mass is 361 g/mol. The summed E-state index contributed by atoms with van der Waals surface area (Å²) in [6.07, 6.45) is 0. The van der Waals surface area contributed by atoms with Crippen molar-refractivity contribution < 1.29 is 28.6 Å². The number of carbonyl (C=O) groups is 2. The van der Waals surface area contributed by atoms with Crippen LogP contribution < -0.4 is 14.8 Å². The standard InChI is InChI=1S/C19H23NO6/c1-10(2)17(19(22)23)20-18(21)13-9-15(26-11(13)3)12-6-7-14(24-4)16(8-12)25-5/h6-10,17H,1-5H3,(H,20,21)(H,22,23)/t17-/m1/s1. The third-order valence-corrected chi connectivity index (χ3v) is 4.05. The molecule has 0 unspecified atom stereocenters. The summed E-state index contributed by atoms with van der Waals surface area (Å²) in [5.41, 5.74) is 1.00. The maximum atomic E-state index is 12.5. The van der Waals surface area contributed by atoms with Gasteiger partial charge < -0.3 is 24.3 Å². The third-order valence-electron chi connectivity index (χ3n) is 4.05. The van der Waals surface area contributed by atoms with Gasteiger partial charge in [-0.25, -0.2) is 4.79 Å². The summed E-state index contributed by atoms with van der Waals surface area (Å²) in [6, 6.07) is 5.89. The summed E-state index contributed by atoms with van der Waals surface area (Å²) >= 11 is 0. The molecule has 0 aliphatic rings. The minimum atomic E-state index is -1.07. The Labute approximate surface area is 151 Å². The number of carbonyl (C=O) groups excluding carboxylic acids is 1. The molecule has 0 aliphatic heterocycles. The number of carboxylic acid groups (broad SMARTS) is 1. The Morgan fingerprint density at radius 2 is 1.77 bits per heavy atom. The highest BCUT2D eigenvalue weighted by molar-refractivity contribution is 5.98. The Balaban J connectivity index is 2.31. The number of nitrogens with one attached hydrogen (secondary N) is 1. The van der Waals surface area contributed by atoms with E-state index in [1.54, 1.807) is 52.1 Å². The second-order valence-corrected chi connectivity index (χ2v) is 6.18. The lowest BCUT2D eigenvalue weighted by molar-refractivity contribution is -0.140. The summed E-state index contributed by atoms with van der Waals surface area (Å²) in [4.78, 5) is 23.8. The normalized spacial score (nSPS) is 11.9. The van der Waals surface area contributed by atoms with Crippen molar-refractivity contribution in [2.24, 2.45) is 5.92 Å². The summed E-state index contributed by atoms with van der Waals surface area (Å²) in [6.45, 7) is 5.12. The van der Waals surface area contributed by atoms with Crippen molar-refractivity contribution in [1.82, 2.24) is 5.32 Å². The number of hydrogen-bond acceptors (Lipinski definition) is 5. The number of ether oxygens (including phenoxy) is 2. The minimum absolute atomic E-state index is 0.242. The quantitative estimate of drug-likeness (QED) is 0.786. The lowest BCUT2D eigenvalue weighted by atomic mass is 10.0. The number of amides is 1. The first-order valence-corrected chi connectivity index (χ1v) is 8.15. The number of methoxy groups -OCH3 is 2. The summed E-state index contributed by atoms with van der Waals surface area (Å²) in [7, 11) is 3.08. The summed E-state index contributed by atoms with van der Waals surface area (Å²) < 4.78 is 16.2. The smallest absolute Gasteiger partial charge is 0.326 e. The molecule has 2 aromatic rings. The van der Waals surface area contributed by atoms with Gasteiger partial charge in [0.05, 0.1) is 19.8 Å². The summed E-state index contributed by atoms with van der Waals surface area (Å²) in [5.74, 6) is 0.197. The number of rotatable bonds is 7. The van der Waals surface area contributed by atoms with Gasteiger partial charge in [-0.1, -0.05) is 13.8 Å². The zero-order valence-corrected chi connectivity index (χ0v) is 15.5. The maximum Gasteiger partial charge on any atom is 0.326 e. The van der Waals surface area contributed by atoms with Crippen molar-refractivity contribution in [2.75, 3.05) is 14.2 Å². The van der Waals surface area contributed by atoms with Gasteiger partial charge >= 0.3 is 5.97 Å². The lowest BCUT2D eigenvalue weighted by Gasteiger charge is -2.17. The molecule has 0 aliphatic carbocycles. The van der Waals surface area contributed by atoms with Gasteiger partial charge in [0, 0.05) is 5.56 Å². The minimum Gasteiger partial charge on any atom is -0.493 e. The van der Waals surface area contributed by atoms with Gasteiger partial charge in [0.2, 0.25) is 0 Å². The first-order valence-electron chi connectivity index (χ1n) is 8.15. The largest absolute Gasteiger partial charge is 0.493 e. The topological polar surface area (TPSA) is 98.0 Å². The van der Waals surface area contributed by atoms with Crippen LogP contribution >= 0.6 is 0 Å². The molecule has 1 amide bonds. The number of hydrogen-bond donors (Lipinski definition) is 2. The zero-order valence-electron chi connectivity index (χ0n) is 15.5. The van der Waals surface area contributed by atoms with E-state index in [0.717, 1.165) is 0 Å². The van der Waals surface area contributed by atoms with Crippen LogP contribution in [0.25, 0.3) is 11.3 Å². The van der Waals surface area contributed by atoms with Crippen molar-refractivity contribution in [3.8, 4) is 22.8 Å². The van der Waals surface area contributed by atoms with E-state index >= 15 is 0 Å². The fraction of sp³-hybridized carbons (Fsp3) is 0.368. The fourth-order valence-corrected chi connectivity index (χ4v) is 2.57. The highest BCUT2D eigenvalue weighted by Gasteiger charge is 2.26. The second-order valence-electron chi connectivity index (χ2n) is 6.18. The molecule has 2 N–H and O–H groups in total. The molecule has 2 rings (SSSR count). The number of furan rings is 1. The first-order chi connectivity index (χ1) is 12.3. The molecule has 1 atom stereocenters. The average Bonchev–Trinajstić information content (AvgIpc) is 3.00. The highest BCUT2D eigenvalue weighted by atomic mass is 16.5. The van der Waals surface area contributed by atoms with Gasteiger partial charge in [-0.2, -0.15) is 0 Å². The van der Waals surface area contributed by atoms with E-state index in [1.807, 2.05) is 0 Å². The number of benzene rings is 1. The Bertz CT molecular complexity index is 808.